The van der Waals surface area contributed by atoms with Crippen LogP contribution in [0.25, 0.3) is 0 Å². The molecule has 2 fully saturated rings. The Balaban J connectivity index is 1.57. The van der Waals surface area contributed by atoms with Crippen molar-refractivity contribution in [2.24, 2.45) is 5.92 Å². The molecule has 31 heavy (non-hydrogen) atoms. The first-order valence-electron chi connectivity index (χ1n) is 9.87. The van der Waals surface area contributed by atoms with E-state index in [4.69, 9.17) is 9.57 Å². The molecule has 3 aromatic rings. The Morgan fingerprint density at radius 2 is 1.58 bits per heavy atom. The highest BCUT2D eigenvalue weighted by Gasteiger charge is 2.60. The van der Waals surface area contributed by atoms with E-state index in [9.17, 15) is 14.0 Å². The number of imide groups is 1. The normalized spacial score (nSPS) is 22.7. The van der Waals surface area contributed by atoms with Gasteiger partial charge in [-0.25, -0.2) is 14.4 Å². The van der Waals surface area contributed by atoms with Crippen LogP contribution in [0, 0.1) is 11.7 Å². The lowest BCUT2D eigenvalue weighted by atomic mass is 9.90. The van der Waals surface area contributed by atoms with E-state index in [1.165, 1.54) is 19.2 Å². The number of halogens is 1. The number of methoxy groups -OCH3 is 1. The monoisotopic (exact) mass is 418 g/mol. The lowest BCUT2D eigenvalue weighted by molar-refractivity contribution is -0.126. The molecule has 0 bridgehead atoms. The molecule has 2 aliphatic rings. The van der Waals surface area contributed by atoms with Gasteiger partial charge in [0.15, 0.2) is 6.10 Å². The van der Waals surface area contributed by atoms with Crippen molar-refractivity contribution in [3.05, 3.63) is 90.2 Å². The van der Waals surface area contributed by atoms with Crippen molar-refractivity contribution >= 4 is 23.2 Å². The number of rotatable bonds is 4. The maximum atomic E-state index is 13.6. The first kappa shape index (κ1) is 19.3. The number of amides is 2. The Morgan fingerprint density at radius 1 is 0.871 bits per heavy atom. The highest BCUT2D eigenvalue weighted by Crippen LogP contribution is 2.47. The summed E-state index contributed by atoms with van der Waals surface area (Å²) >= 11 is 0. The van der Waals surface area contributed by atoms with Gasteiger partial charge in [-0.2, -0.15) is 0 Å². The quantitative estimate of drug-likeness (QED) is 0.602. The van der Waals surface area contributed by atoms with E-state index in [1.54, 1.807) is 41.5 Å². The fourth-order valence-corrected chi connectivity index (χ4v) is 4.22. The Hall–Kier alpha value is -3.71. The Labute approximate surface area is 178 Å². The van der Waals surface area contributed by atoms with Gasteiger partial charge in [-0.05, 0) is 42.0 Å². The van der Waals surface area contributed by atoms with Gasteiger partial charge in [0.05, 0.1) is 24.5 Å². The number of hydroxylamine groups is 1. The molecule has 0 unspecified atom stereocenters. The van der Waals surface area contributed by atoms with Crippen LogP contribution in [0.2, 0.25) is 0 Å². The van der Waals surface area contributed by atoms with E-state index in [-0.39, 0.29) is 11.7 Å². The molecule has 6 nitrogen and oxygen atoms in total. The number of hydrogen-bond acceptors (Lipinski definition) is 5. The molecule has 2 saturated heterocycles. The highest BCUT2D eigenvalue weighted by molar-refractivity contribution is 6.24. The predicted octanol–water partition coefficient (Wildman–Crippen LogP) is 3.89. The van der Waals surface area contributed by atoms with Crippen molar-refractivity contribution < 1.29 is 23.6 Å². The largest absolute Gasteiger partial charge is 0.497 e. The third kappa shape index (κ3) is 3.14. The molecule has 156 valence electrons. The number of hydrogen-bond donors (Lipinski definition) is 0. The van der Waals surface area contributed by atoms with Crippen LogP contribution in [0.4, 0.5) is 15.8 Å². The van der Waals surface area contributed by atoms with Crippen molar-refractivity contribution in [2.45, 2.75) is 12.1 Å². The van der Waals surface area contributed by atoms with Crippen molar-refractivity contribution in [2.75, 3.05) is 17.1 Å². The van der Waals surface area contributed by atoms with E-state index < -0.39 is 24.0 Å². The average molecular weight is 418 g/mol. The molecular weight excluding hydrogens is 399 g/mol. The number of para-hydroxylation sites is 1. The predicted molar refractivity (Wildman–Crippen MR) is 112 cm³/mol. The first-order chi connectivity index (χ1) is 15.1. The number of anilines is 2. The molecule has 5 rings (SSSR count). The fourth-order valence-electron chi connectivity index (χ4n) is 4.22. The smallest absolute Gasteiger partial charge is 0.266 e. The van der Waals surface area contributed by atoms with Crippen LogP contribution in [0.5, 0.6) is 5.75 Å². The Bertz CT molecular complexity index is 1140. The molecule has 0 aliphatic carbocycles. The van der Waals surface area contributed by atoms with Gasteiger partial charge in [0, 0.05) is 6.07 Å². The van der Waals surface area contributed by atoms with Gasteiger partial charge in [-0.3, -0.25) is 14.4 Å². The minimum atomic E-state index is -0.978. The molecule has 7 heteroatoms. The van der Waals surface area contributed by atoms with Gasteiger partial charge < -0.3 is 4.74 Å². The summed E-state index contributed by atoms with van der Waals surface area (Å²) < 4.78 is 18.8. The van der Waals surface area contributed by atoms with Gasteiger partial charge >= 0.3 is 0 Å². The zero-order valence-corrected chi connectivity index (χ0v) is 16.6. The summed E-state index contributed by atoms with van der Waals surface area (Å²) in [5.41, 5.74) is 1.82. The van der Waals surface area contributed by atoms with Crippen LogP contribution < -0.4 is 14.7 Å². The molecule has 0 spiro atoms. The highest BCUT2D eigenvalue weighted by atomic mass is 19.1. The van der Waals surface area contributed by atoms with Crippen LogP contribution in [-0.2, 0) is 14.4 Å². The van der Waals surface area contributed by atoms with Gasteiger partial charge in [0.25, 0.3) is 5.91 Å². The summed E-state index contributed by atoms with van der Waals surface area (Å²) in [5, 5.41) is 1.58. The van der Waals surface area contributed by atoms with Crippen molar-refractivity contribution in [3.8, 4) is 5.75 Å². The molecule has 2 aliphatic heterocycles. The summed E-state index contributed by atoms with van der Waals surface area (Å²) in [4.78, 5) is 34.0. The van der Waals surface area contributed by atoms with E-state index in [0.29, 0.717) is 22.7 Å². The average Bonchev–Trinajstić information content (AvgIpc) is 3.31. The summed E-state index contributed by atoms with van der Waals surface area (Å²) in [5.74, 6) is -1.41. The van der Waals surface area contributed by atoms with E-state index in [1.807, 2.05) is 30.3 Å². The van der Waals surface area contributed by atoms with Crippen molar-refractivity contribution in [3.63, 3.8) is 0 Å². The van der Waals surface area contributed by atoms with E-state index in [2.05, 4.69) is 0 Å². The van der Waals surface area contributed by atoms with Crippen LogP contribution >= 0.6 is 0 Å². The topological polar surface area (TPSA) is 59.1 Å². The molecule has 2 heterocycles. The molecule has 3 atom stereocenters. The van der Waals surface area contributed by atoms with Crippen molar-refractivity contribution in [1.29, 1.82) is 0 Å². The zero-order chi connectivity index (χ0) is 21.5. The minimum Gasteiger partial charge on any atom is -0.497 e. The SMILES string of the molecule is COc1cccc(N2C(=O)[C@@H]3[C@H](ON(c4ccccc4)[C@@H]3c3ccc(F)cc3)C2=O)c1. The number of nitrogens with zero attached hydrogens (tertiary/aromatic N) is 2. The van der Waals surface area contributed by atoms with Gasteiger partial charge in [-0.1, -0.05) is 36.4 Å². The molecule has 2 amide bonds. The number of benzene rings is 3. The van der Waals surface area contributed by atoms with Gasteiger partial charge in [0.1, 0.15) is 17.5 Å². The maximum absolute atomic E-state index is 13.6. The first-order valence-corrected chi connectivity index (χ1v) is 9.87. The summed E-state index contributed by atoms with van der Waals surface area (Å²) in [6, 6.07) is 21.4. The standard InChI is InChI=1S/C24H19FN2O4/c1-30-19-9-5-8-18(14-19)26-23(28)20-21(15-10-12-16(25)13-11-15)27(31-22(20)24(26)29)17-6-3-2-4-7-17/h2-14,20-22H,1H3/t20-,21+,22-/m0/s1. The summed E-state index contributed by atoms with van der Waals surface area (Å²) in [6.45, 7) is 0. The van der Waals surface area contributed by atoms with Crippen LogP contribution in [0.15, 0.2) is 78.9 Å². The number of carbonyl (C=O) groups is 2. The number of fused-ring (bicyclic) bond motifs is 1. The van der Waals surface area contributed by atoms with Crippen LogP contribution in [-0.4, -0.2) is 25.0 Å². The second-order valence-corrected chi connectivity index (χ2v) is 7.42. The van der Waals surface area contributed by atoms with Crippen molar-refractivity contribution in [1.82, 2.24) is 0 Å². The second-order valence-electron chi connectivity index (χ2n) is 7.42. The van der Waals surface area contributed by atoms with Crippen LogP contribution in [0.3, 0.4) is 0 Å². The fraction of sp³-hybridized carbons (Fsp3) is 0.167. The Morgan fingerprint density at radius 3 is 2.29 bits per heavy atom. The Kier molecular flexibility index (Phi) is 4.67. The molecule has 3 aromatic carbocycles. The summed E-state index contributed by atoms with van der Waals surface area (Å²) in [6.07, 6.45) is -0.978. The number of carbonyl (C=O) groups excluding carboxylic acids is 2. The minimum absolute atomic E-state index is 0.365. The van der Waals surface area contributed by atoms with Gasteiger partial charge in [-0.15, -0.1) is 0 Å². The van der Waals surface area contributed by atoms with Gasteiger partial charge in [0.2, 0.25) is 5.91 Å². The zero-order valence-electron chi connectivity index (χ0n) is 16.6. The van der Waals surface area contributed by atoms with E-state index in [0.717, 1.165) is 4.90 Å². The second kappa shape index (κ2) is 7.52. The van der Waals surface area contributed by atoms with E-state index >= 15 is 0 Å². The molecule has 0 saturated carbocycles. The third-order valence-electron chi connectivity index (χ3n) is 5.65. The molecule has 0 aromatic heterocycles. The maximum Gasteiger partial charge on any atom is 0.266 e. The molecular formula is C24H19FN2O4. The van der Waals surface area contributed by atoms with Crippen LogP contribution in [0.1, 0.15) is 11.6 Å². The molecule has 0 N–H and O–H groups in total. The number of ether oxygens (including phenoxy) is 1. The lowest BCUT2D eigenvalue weighted by Gasteiger charge is -2.28. The third-order valence-corrected chi connectivity index (χ3v) is 5.65. The lowest BCUT2D eigenvalue weighted by Crippen LogP contribution is -2.37. The summed E-state index contributed by atoms with van der Waals surface area (Å²) in [7, 11) is 1.52. The molecule has 0 radical (unpaired) electrons.